The number of rotatable bonds is 5. The number of imidazole rings is 1. The SMILES string of the molecule is CCN(CC)C(=O)[C@H]1CSCN1C(=O)Cc1cn2ccccc2n1. The maximum atomic E-state index is 12.7. The van der Waals surface area contributed by atoms with E-state index in [9.17, 15) is 9.59 Å². The van der Waals surface area contributed by atoms with Gasteiger partial charge in [0.1, 0.15) is 11.7 Å². The summed E-state index contributed by atoms with van der Waals surface area (Å²) in [6.45, 7) is 5.27. The van der Waals surface area contributed by atoms with E-state index in [-0.39, 0.29) is 24.3 Å². The molecular formula is C17H22N4O2S. The van der Waals surface area contributed by atoms with Gasteiger partial charge in [-0.3, -0.25) is 9.59 Å². The van der Waals surface area contributed by atoms with Crippen molar-refractivity contribution < 1.29 is 9.59 Å². The topological polar surface area (TPSA) is 57.9 Å². The Bertz CT molecular complexity index is 708. The van der Waals surface area contributed by atoms with E-state index in [1.807, 2.05) is 48.8 Å². The first-order valence-corrected chi connectivity index (χ1v) is 9.38. The summed E-state index contributed by atoms with van der Waals surface area (Å²) >= 11 is 1.63. The zero-order valence-electron chi connectivity index (χ0n) is 14.0. The van der Waals surface area contributed by atoms with Crippen LogP contribution >= 0.6 is 11.8 Å². The maximum absolute atomic E-state index is 12.7. The Morgan fingerprint density at radius 1 is 1.33 bits per heavy atom. The van der Waals surface area contributed by atoms with Crippen molar-refractivity contribution in [3.63, 3.8) is 0 Å². The Labute approximate surface area is 145 Å². The summed E-state index contributed by atoms with van der Waals surface area (Å²) in [6.07, 6.45) is 4.01. The van der Waals surface area contributed by atoms with Gasteiger partial charge in [-0.1, -0.05) is 6.07 Å². The van der Waals surface area contributed by atoms with Crippen LogP contribution < -0.4 is 0 Å². The Kier molecular flexibility index (Phi) is 5.08. The summed E-state index contributed by atoms with van der Waals surface area (Å²) in [5.41, 5.74) is 1.56. The van der Waals surface area contributed by atoms with Gasteiger partial charge in [-0.25, -0.2) is 4.98 Å². The van der Waals surface area contributed by atoms with Crippen molar-refractivity contribution in [2.24, 2.45) is 0 Å². The summed E-state index contributed by atoms with van der Waals surface area (Å²) in [6, 6.07) is 5.41. The summed E-state index contributed by atoms with van der Waals surface area (Å²) in [5.74, 6) is 1.26. The Balaban J connectivity index is 1.72. The molecule has 1 aliphatic rings. The molecule has 3 heterocycles. The molecule has 2 aromatic heterocycles. The molecule has 1 saturated heterocycles. The number of hydrogen-bond donors (Lipinski definition) is 0. The van der Waals surface area contributed by atoms with Crippen LogP contribution in [0.2, 0.25) is 0 Å². The molecule has 2 aromatic rings. The lowest BCUT2D eigenvalue weighted by molar-refractivity contribution is -0.142. The van der Waals surface area contributed by atoms with E-state index in [4.69, 9.17) is 0 Å². The molecule has 0 unspecified atom stereocenters. The molecule has 0 N–H and O–H groups in total. The van der Waals surface area contributed by atoms with E-state index < -0.39 is 0 Å². The summed E-state index contributed by atoms with van der Waals surface area (Å²) in [7, 11) is 0. The fraction of sp³-hybridized carbons (Fsp3) is 0.471. The molecule has 7 heteroatoms. The highest BCUT2D eigenvalue weighted by Crippen LogP contribution is 2.23. The number of fused-ring (bicyclic) bond motifs is 1. The molecule has 128 valence electrons. The smallest absolute Gasteiger partial charge is 0.246 e. The molecule has 0 spiro atoms. The summed E-state index contributed by atoms with van der Waals surface area (Å²) in [5, 5.41) is 0. The number of nitrogens with zero attached hydrogens (tertiary/aromatic N) is 4. The highest BCUT2D eigenvalue weighted by atomic mass is 32.2. The molecule has 24 heavy (non-hydrogen) atoms. The van der Waals surface area contributed by atoms with Crippen LogP contribution in [-0.4, -0.2) is 61.8 Å². The van der Waals surface area contributed by atoms with Crippen molar-refractivity contribution >= 4 is 29.2 Å². The minimum absolute atomic E-state index is 0.0334. The molecule has 0 aliphatic carbocycles. The molecule has 0 saturated carbocycles. The zero-order valence-corrected chi connectivity index (χ0v) is 14.8. The van der Waals surface area contributed by atoms with Crippen molar-refractivity contribution in [1.29, 1.82) is 0 Å². The average molecular weight is 346 g/mol. The van der Waals surface area contributed by atoms with Gasteiger partial charge in [0, 0.05) is 31.2 Å². The van der Waals surface area contributed by atoms with Gasteiger partial charge in [0.25, 0.3) is 0 Å². The second kappa shape index (κ2) is 7.25. The molecule has 6 nitrogen and oxygen atoms in total. The zero-order chi connectivity index (χ0) is 17.1. The van der Waals surface area contributed by atoms with Crippen molar-refractivity contribution in [3.8, 4) is 0 Å². The number of pyridine rings is 1. The minimum Gasteiger partial charge on any atom is -0.341 e. The predicted octanol–water partition coefficient (Wildman–Crippen LogP) is 1.65. The van der Waals surface area contributed by atoms with Gasteiger partial charge >= 0.3 is 0 Å². The Morgan fingerprint density at radius 3 is 2.83 bits per heavy atom. The third-order valence-electron chi connectivity index (χ3n) is 4.31. The standard InChI is InChI=1S/C17H22N4O2S/c1-3-19(4-2)17(23)14-11-24-12-21(14)16(22)9-13-10-20-8-6-5-7-15(20)18-13/h5-8,10,14H,3-4,9,11-12H2,1-2H3/t14-/m1/s1. The van der Waals surface area contributed by atoms with Crippen molar-refractivity contribution in [2.75, 3.05) is 24.7 Å². The molecule has 1 fully saturated rings. The van der Waals surface area contributed by atoms with Gasteiger partial charge in [0.05, 0.1) is 18.0 Å². The first-order valence-electron chi connectivity index (χ1n) is 8.22. The maximum Gasteiger partial charge on any atom is 0.246 e. The second-order valence-corrected chi connectivity index (χ2v) is 6.76. The third kappa shape index (κ3) is 3.26. The first-order chi connectivity index (χ1) is 11.6. The fourth-order valence-electron chi connectivity index (χ4n) is 2.97. The van der Waals surface area contributed by atoms with E-state index in [2.05, 4.69) is 4.98 Å². The highest BCUT2D eigenvalue weighted by molar-refractivity contribution is 7.99. The van der Waals surface area contributed by atoms with E-state index in [1.165, 1.54) is 0 Å². The average Bonchev–Trinajstić information content (AvgIpc) is 3.22. The van der Waals surface area contributed by atoms with E-state index >= 15 is 0 Å². The van der Waals surface area contributed by atoms with Crippen LogP contribution in [0.1, 0.15) is 19.5 Å². The van der Waals surface area contributed by atoms with Crippen LogP contribution in [0.3, 0.4) is 0 Å². The first kappa shape index (κ1) is 16.8. The van der Waals surface area contributed by atoms with E-state index in [0.29, 0.717) is 24.7 Å². The largest absolute Gasteiger partial charge is 0.341 e. The van der Waals surface area contributed by atoms with Crippen LogP contribution in [0, 0.1) is 0 Å². The summed E-state index contributed by atoms with van der Waals surface area (Å²) < 4.78 is 1.90. The van der Waals surface area contributed by atoms with Crippen molar-refractivity contribution in [3.05, 3.63) is 36.3 Å². The molecule has 2 amide bonds. The van der Waals surface area contributed by atoms with Crippen molar-refractivity contribution in [1.82, 2.24) is 19.2 Å². The van der Waals surface area contributed by atoms with Crippen LogP contribution in [0.15, 0.2) is 30.6 Å². The predicted molar refractivity (Wildman–Crippen MR) is 94.8 cm³/mol. The monoisotopic (exact) mass is 346 g/mol. The number of likely N-dealkylation sites (N-methyl/N-ethyl adjacent to an activating group) is 1. The van der Waals surface area contributed by atoms with Crippen molar-refractivity contribution in [2.45, 2.75) is 26.3 Å². The van der Waals surface area contributed by atoms with Crippen LogP contribution in [0.25, 0.3) is 5.65 Å². The van der Waals surface area contributed by atoms with Crippen LogP contribution in [0.4, 0.5) is 0 Å². The number of carbonyl (C=O) groups is 2. The van der Waals surface area contributed by atoms with Gasteiger partial charge in [-0.05, 0) is 26.0 Å². The van der Waals surface area contributed by atoms with Gasteiger partial charge in [0.2, 0.25) is 11.8 Å². The van der Waals surface area contributed by atoms with Gasteiger partial charge in [0.15, 0.2) is 0 Å². The van der Waals surface area contributed by atoms with Crippen LogP contribution in [0.5, 0.6) is 0 Å². The Hall–Kier alpha value is -2.02. The normalized spacial score (nSPS) is 17.4. The fourth-order valence-corrected chi connectivity index (χ4v) is 4.14. The minimum atomic E-state index is -0.348. The molecule has 0 radical (unpaired) electrons. The lowest BCUT2D eigenvalue weighted by Gasteiger charge is -2.28. The number of amides is 2. The van der Waals surface area contributed by atoms with E-state index in [1.54, 1.807) is 21.6 Å². The molecular weight excluding hydrogens is 324 g/mol. The molecule has 1 atom stereocenters. The van der Waals surface area contributed by atoms with Crippen LogP contribution in [-0.2, 0) is 16.0 Å². The van der Waals surface area contributed by atoms with Gasteiger partial charge < -0.3 is 14.2 Å². The Morgan fingerprint density at radius 2 is 2.12 bits per heavy atom. The molecule has 0 aromatic carbocycles. The summed E-state index contributed by atoms with van der Waals surface area (Å²) in [4.78, 5) is 33.3. The van der Waals surface area contributed by atoms with Gasteiger partial charge in [-0.15, -0.1) is 11.8 Å². The molecule has 1 aliphatic heterocycles. The number of aromatic nitrogens is 2. The lowest BCUT2D eigenvalue weighted by atomic mass is 10.2. The van der Waals surface area contributed by atoms with E-state index in [0.717, 1.165) is 11.3 Å². The molecule has 0 bridgehead atoms. The van der Waals surface area contributed by atoms with Gasteiger partial charge in [-0.2, -0.15) is 0 Å². The number of thioether (sulfide) groups is 1. The number of carbonyl (C=O) groups excluding carboxylic acids is 2. The molecule has 3 rings (SSSR count). The quantitative estimate of drug-likeness (QED) is 0.826. The second-order valence-electron chi connectivity index (χ2n) is 5.76. The lowest BCUT2D eigenvalue weighted by Crippen LogP contribution is -2.49. The highest BCUT2D eigenvalue weighted by Gasteiger charge is 2.36. The number of hydrogen-bond acceptors (Lipinski definition) is 4. The third-order valence-corrected chi connectivity index (χ3v) is 5.32.